The molecule has 0 unspecified atom stereocenters. The number of nitrogens with zero attached hydrogens (tertiary/aromatic N) is 1. The van der Waals surface area contributed by atoms with E-state index in [1.54, 1.807) is 0 Å². The summed E-state index contributed by atoms with van der Waals surface area (Å²) in [6.45, 7) is 0.405. The summed E-state index contributed by atoms with van der Waals surface area (Å²) in [5.74, 6) is 0.285. The fraction of sp³-hybridized carbons (Fsp3) is 0.0833. The number of hydrogen-bond acceptors (Lipinski definition) is 3. The molecule has 0 atom stereocenters. The first-order valence-electron chi connectivity index (χ1n) is 5.48. The zero-order chi connectivity index (χ0) is 13.7. The molecule has 0 aliphatic carbocycles. The summed E-state index contributed by atoms with van der Waals surface area (Å²) in [5, 5.41) is 11.1. The van der Waals surface area contributed by atoms with E-state index in [4.69, 9.17) is 0 Å². The van der Waals surface area contributed by atoms with Gasteiger partial charge in [-0.25, -0.2) is 9.89 Å². The predicted molar refractivity (Wildman–Crippen MR) is 74.9 cm³/mol. The van der Waals surface area contributed by atoms with Crippen LogP contribution in [0.3, 0.4) is 0 Å². The molecule has 98 valence electrons. The van der Waals surface area contributed by atoms with Gasteiger partial charge in [0.1, 0.15) is 0 Å². The summed E-state index contributed by atoms with van der Waals surface area (Å²) >= 11 is 3.34. The molecule has 2 aromatic rings. The number of nitrogens with one attached hydrogen (secondary N) is 3. The van der Waals surface area contributed by atoms with Crippen LogP contribution in [0, 0.1) is 0 Å². The number of rotatable bonds is 3. The Morgan fingerprint density at radius 3 is 2.58 bits per heavy atom. The van der Waals surface area contributed by atoms with E-state index in [1.165, 1.54) is 12.1 Å². The van der Waals surface area contributed by atoms with Crippen LogP contribution in [0.5, 0.6) is 0 Å². The Morgan fingerprint density at radius 1 is 1.21 bits per heavy atom. The second-order valence-electron chi connectivity index (χ2n) is 3.74. The van der Waals surface area contributed by atoms with E-state index in [1.807, 2.05) is 24.3 Å². The molecule has 2 amide bonds. The quantitative estimate of drug-likeness (QED) is 0.806. The highest BCUT2D eigenvalue weighted by molar-refractivity contribution is 9.10. The van der Waals surface area contributed by atoms with Crippen LogP contribution in [0.15, 0.2) is 45.7 Å². The van der Waals surface area contributed by atoms with Crippen LogP contribution in [0.2, 0.25) is 0 Å². The van der Waals surface area contributed by atoms with E-state index in [9.17, 15) is 9.59 Å². The number of amides is 2. The van der Waals surface area contributed by atoms with Crippen LogP contribution in [0.4, 0.5) is 10.6 Å². The largest absolute Gasteiger partial charge is 0.334 e. The predicted octanol–water partition coefficient (Wildman–Crippen LogP) is 1.85. The molecule has 0 aliphatic rings. The molecule has 2 rings (SSSR count). The van der Waals surface area contributed by atoms with Crippen LogP contribution in [0.1, 0.15) is 5.56 Å². The van der Waals surface area contributed by atoms with E-state index in [0.717, 1.165) is 10.0 Å². The van der Waals surface area contributed by atoms with Crippen LogP contribution in [-0.2, 0) is 6.54 Å². The average molecular weight is 323 g/mol. The molecule has 0 fully saturated rings. The molecule has 19 heavy (non-hydrogen) atoms. The van der Waals surface area contributed by atoms with Crippen molar-refractivity contribution in [2.24, 2.45) is 0 Å². The van der Waals surface area contributed by atoms with Crippen molar-refractivity contribution in [3.8, 4) is 0 Å². The number of anilines is 1. The lowest BCUT2D eigenvalue weighted by Crippen LogP contribution is -2.29. The molecule has 0 aliphatic heterocycles. The summed E-state index contributed by atoms with van der Waals surface area (Å²) in [5.41, 5.74) is 0.661. The summed E-state index contributed by atoms with van der Waals surface area (Å²) in [6, 6.07) is 9.94. The van der Waals surface area contributed by atoms with Crippen molar-refractivity contribution in [2.45, 2.75) is 6.54 Å². The van der Waals surface area contributed by atoms with Crippen molar-refractivity contribution in [3.05, 3.63) is 56.8 Å². The lowest BCUT2D eigenvalue weighted by Gasteiger charge is -2.06. The lowest BCUT2D eigenvalue weighted by molar-refractivity contribution is 0.251. The first-order valence-corrected chi connectivity index (χ1v) is 6.28. The number of aromatic nitrogens is 2. The van der Waals surface area contributed by atoms with Gasteiger partial charge in [0.15, 0.2) is 5.82 Å². The van der Waals surface area contributed by atoms with Gasteiger partial charge < -0.3 is 5.32 Å². The number of carbonyl (C=O) groups excluding carboxylic acids is 1. The second-order valence-corrected chi connectivity index (χ2v) is 4.66. The fourth-order valence-electron chi connectivity index (χ4n) is 1.36. The third kappa shape index (κ3) is 4.22. The highest BCUT2D eigenvalue weighted by Crippen LogP contribution is 2.10. The molecule has 0 saturated heterocycles. The number of urea groups is 1. The molecular weight excluding hydrogens is 312 g/mol. The minimum Gasteiger partial charge on any atom is -0.334 e. The molecule has 0 radical (unpaired) electrons. The highest BCUT2D eigenvalue weighted by Gasteiger charge is 2.02. The van der Waals surface area contributed by atoms with Crippen LogP contribution in [0.25, 0.3) is 0 Å². The van der Waals surface area contributed by atoms with Gasteiger partial charge in [-0.1, -0.05) is 28.1 Å². The number of halogens is 1. The van der Waals surface area contributed by atoms with E-state index < -0.39 is 0 Å². The monoisotopic (exact) mass is 322 g/mol. The standard InChI is InChI=1S/C12H11BrN4O2/c13-9-3-1-8(2-4-9)7-14-12(19)15-10-5-6-11(18)17-16-10/h1-6H,7H2,(H,17,18)(H2,14,15,16,19). The molecule has 1 aromatic heterocycles. The summed E-state index contributed by atoms with van der Waals surface area (Å²) in [6.07, 6.45) is 0. The van der Waals surface area contributed by atoms with E-state index in [0.29, 0.717) is 6.54 Å². The van der Waals surface area contributed by atoms with Crippen molar-refractivity contribution in [1.82, 2.24) is 15.5 Å². The Kier molecular flexibility index (Phi) is 4.30. The van der Waals surface area contributed by atoms with Crippen molar-refractivity contribution >= 4 is 27.8 Å². The maximum atomic E-state index is 11.6. The Labute approximate surface area is 117 Å². The van der Waals surface area contributed by atoms with Crippen molar-refractivity contribution in [2.75, 3.05) is 5.32 Å². The van der Waals surface area contributed by atoms with Gasteiger partial charge in [-0.05, 0) is 23.8 Å². The van der Waals surface area contributed by atoms with Crippen molar-refractivity contribution in [1.29, 1.82) is 0 Å². The number of hydrogen-bond donors (Lipinski definition) is 3. The maximum Gasteiger partial charge on any atom is 0.320 e. The van der Waals surface area contributed by atoms with Crippen molar-refractivity contribution < 1.29 is 4.79 Å². The van der Waals surface area contributed by atoms with Gasteiger partial charge in [-0.3, -0.25) is 10.1 Å². The molecule has 1 aromatic carbocycles. The molecule has 3 N–H and O–H groups in total. The Balaban J connectivity index is 1.86. The number of carbonyl (C=O) groups is 1. The van der Waals surface area contributed by atoms with E-state index in [2.05, 4.69) is 36.8 Å². The number of aromatic amines is 1. The molecule has 0 spiro atoms. The average Bonchev–Trinajstić information content (AvgIpc) is 2.41. The topological polar surface area (TPSA) is 86.9 Å². The Bertz CT molecular complexity index is 604. The Hall–Kier alpha value is -2.15. The molecule has 7 heteroatoms. The minimum atomic E-state index is -0.387. The SMILES string of the molecule is O=C(NCc1ccc(Br)cc1)Nc1ccc(=O)[nH]n1. The molecule has 6 nitrogen and oxygen atoms in total. The Morgan fingerprint density at radius 2 is 1.95 bits per heavy atom. The van der Waals surface area contributed by atoms with Crippen LogP contribution < -0.4 is 16.2 Å². The first kappa shape index (κ1) is 13.3. The van der Waals surface area contributed by atoms with Crippen LogP contribution in [-0.4, -0.2) is 16.2 Å². The van der Waals surface area contributed by atoms with Gasteiger partial charge in [-0.2, -0.15) is 5.10 Å². The lowest BCUT2D eigenvalue weighted by atomic mass is 10.2. The molecule has 0 bridgehead atoms. The third-order valence-electron chi connectivity index (χ3n) is 2.29. The van der Waals surface area contributed by atoms with Gasteiger partial charge in [0.25, 0.3) is 5.56 Å². The van der Waals surface area contributed by atoms with Gasteiger partial charge in [0, 0.05) is 17.1 Å². The van der Waals surface area contributed by atoms with E-state index >= 15 is 0 Å². The van der Waals surface area contributed by atoms with Crippen LogP contribution >= 0.6 is 15.9 Å². The minimum absolute atomic E-state index is 0.285. The normalized spacial score (nSPS) is 9.95. The molecular formula is C12H11BrN4O2. The molecule has 1 heterocycles. The zero-order valence-electron chi connectivity index (χ0n) is 9.81. The van der Waals surface area contributed by atoms with Gasteiger partial charge in [0.2, 0.25) is 0 Å². The zero-order valence-corrected chi connectivity index (χ0v) is 11.4. The second kappa shape index (κ2) is 6.14. The van der Waals surface area contributed by atoms with Gasteiger partial charge in [0.05, 0.1) is 0 Å². The smallest absolute Gasteiger partial charge is 0.320 e. The fourth-order valence-corrected chi connectivity index (χ4v) is 1.62. The maximum absolute atomic E-state index is 11.6. The highest BCUT2D eigenvalue weighted by atomic mass is 79.9. The van der Waals surface area contributed by atoms with E-state index in [-0.39, 0.29) is 17.4 Å². The summed E-state index contributed by atoms with van der Waals surface area (Å²) in [4.78, 5) is 22.4. The number of H-pyrrole nitrogens is 1. The first-order chi connectivity index (χ1) is 9.13. The summed E-state index contributed by atoms with van der Waals surface area (Å²) in [7, 11) is 0. The third-order valence-corrected chi connectivity index (χ3v) is 2.82. The molecule has 0 saturated carbocycles. The van der Waals surface area contributed by atoms with Crippen molar-refractivity contribution in [3.63, 3.8) is 0 Å². The number of benzene rings is 1. The summed E-state index contributed by atoms with van der Waals surface area (Å²) < 4.78 is 0.984. The van der Waals surface area contributed by atoms with Gasteiger partial charge in [-0.15, -0.1) is 0 Å². The van der Waals surface area contributed by atoms with Gasteiger partial charge >= 0.3 is 6.03 Å².